The van der Waals surface area contributed by atoms with Gasteiger partial charge in [0.2, 0.25) is 0 Å². The highest BCUT2D eigenvalue weighted by atomic mass is 16.6. The van der Waals surface area contributed by atoms with E-state index in [0.29, 0.717) is 65.9 Å². The maximum atomic E-state index is 12.0. The molecule has 154 valence electrons. The van der Waals surface area contributed by atoms with Gasteiger partial charge in [-0.25, -0.2) is 4.79 Å². The molecule has 0 bridgehead atoms. The smallest absolute Gasteiger partial charge is 0.410 e. The van der Waals surface area contributed by atoms with E-state index in [1.165, 1.54) is 0 Å². The molecule has 1 heterocycles. The minimum absolute atomic E-state index is 0.174. The van der Waals surface area contributed by atoms with Gasteiger partial charge in [-0.15, -0.1) is 0 Å². The molecule has 1 fully saturated rings. The molecule has 26 heavy (non-hydrogen) atoms. The fourth-order valence-corrected chi connectivity index (χ4v) is 2.43. The number of hydrogen-bond donors (Lipinski definition) is 1. The first kappa shape index (κ1) is 23.1. The first-order valence-corrected chi connectivity index (χ1v) is 9.45. The van der Waals surface area contributed by atoms with Crippen molar-refractivity contribution in [2.24, 2.45) is 5.73 Å². The second-order valence-electron chi connectivity index (χ2n) is 7.16. The normalized spacial score (nSPS) is 16.1. The summed E-state index contributed by atoms with van der Waals surface area (Å²) in [5.74, 6) is 0. The van der Waals surface area contributed by atoms with Crippen molar-refractivity contribution in [2.45, 2.75) is 45.3 Å². The predicted octanol–water partition coefficient (Wildman–Crippen LogP) is 1.41. The highest BCUT2D eigenvalue weighted by Gasteiger charge is 2.26. The molecule has 0 aromatic rings. The summed E-state index contributed by atoms with van der Waals surface area (Å²) in [4.78, 5) is 13.7. The van der Waals surface area contributed by atoms with Crippen molar-refractivity contribution < 1.29 is 28.5 Å². The summed E-state index contributed by atoms with van der Waals surface area (Å²) in [6.07, 6.45) is 1.58. The molecule has 0 atom stereocenters. The van der Waals surface area contributed by atoms with Crippen molar-refractivity contribution in [3.63, 3.8) is 0 Å². The minimum atomic E-state index is -0.455. The van der Waals surface area contributed by atoms with E-state index in [1.807, 2.05) is 20.8 Å². The van der Waals surface area contributed by atoms with Gasteiger partial charge in [0.25, 0.3) is 0 Å². The molecule has 1 rings (SSSR count). The van der Waals surface area contributed by atoms with Crippen LogP contribution in [0.4, 0.5) is 4.79 Å². The van der Waals surface area contributed by atoms with Crippen LogP contribution in [0.5, 0.6) is 0 Å². The fourth-order valence-electron chi connectivity index (χ4n) is 2.43. The van der Waals surface area contributed by atoms with Crippen molar-refractivity contribution in [1.82, 2.24) is 4.90 Å². The first-order valence-electron chi connectivity index (χ1n) is 9.45. The zero-order chi connectivity index (χ0) is 19.3. The van der Waals surface area contributed by atoms with Crippen LogP contribution in [0.15, 0.2) is 0 Å². The number of carbonyl (C=O) groups is 1. The van der Waals surface area contributed by atoms with E-state index in [0.717, 1.165) is 12.8 Å². The van der Waals surface area contributed by atoms with Crippen LogP contribution in [0, 0.1) is 0 Å². The van der Waals surface area contributed by atoms with Gasteiger partial charge in [0.1, 0.15) is 5.60 Å². The summed E-state index contributed by atoms with van der Waals surface area (Å²) in [6.45, 7) is 11.3. The number of nitrogens with two attached hydrogens (primary N) is 1. The molecule has 0 saturated carbocycles. The van der Waals surface area contributed by atoms with Crippen molar-refractivity contribution in [1.29, 1.82) is 0 Å². The highest BCUT2D eigenvalue weighted by molar-refractivity contribution is 5.68. The SMILES string of the molecule is CC(C)(C)OC(=O)N1CCC(OCCOCCOCCOCCN)CC1. The Labute approximate surface area is 157 Å². The second kappa shape index (κ2) is 13.3. The van der Waals surface area contributed by atoms with Crippen LogP contribution < -0.4 is 5.73 Å². The van der Waals surface area contributed by atoms with Gasteiger partial charge >= 0.3 is 6.09 Å². The molecule has 8 nitrogen and oxygen atoms in total. The number of piperidine rings is 1. The van der Waals surface area contributed by atoms with Crippen molar-refractivity contribution in [2.75, 3.05) is 65.9 Å². The average Bonchev–Trinajstić information content (AvgIpc) is 2.58. The van der Waals surface area contributed by atoms with E-state index in [9.17, 15) is 4.79 Å². The number of hydrogen-bond acceptors (Lipinski definition) is 7. The van der Waals surface area contributed by atoms with Gasteiger partial charge in [-0.3, -0.25) is 0 Å². The van der Waals surface area contributed by atoms with Crippen LogP contribution in [0.3, 0.4) is 0 Å². The predicted molar refractivity (Wildman–Crippen MR) is 98.3 cm³/mol. The Hall–Kier alpha value is -0.930. The first-order chi connectivity index (χ1) is 12.4. The molecule has 1 aliphatic rings. The lowest BCUT2D eigenvalue weighted by Crippen LogP contribution is -2.43. The van der Waals surface area contributed by atoms with Gasteiger partial charge in [0, 0.05) is 19.6 Å². The van der Waals surface area contributed by atoms with Gasteiger partial charge < -0.3 is 34.3 Å². The zero-order valence-corrected chi connectivity index (χ0v) is 16.5. The Morgan fingerprint density at radius 3 is 1.92 bits per heavy atom. The van der Waals surface area contributed by atoms with Gasteiger partial charge in [0.15, 0.2) is 0 Å². The largest absolute Gasteiger partial charge is 0.444 e. The third kappa shape index (κ3) is 11.6. The topological polar surface area (TPSA) is 92.5 Å². The van der Waals surface area contributed by atoms with Crippen LogP contribution in [0.1, 0.15) is 33.6 Å². The number of amides is 1. The van der Waals surface area contributed by atoms with Gasteiger partial charge in [-0.1, -0.05) is 0 Å². The van der Waals surface area contributed by atoms with E-state index in [1.54, 1.807) is 4.90 Å². The number of rotatable bonds is 12. The minimum Gasteiger partial charge on any atom is -0.444 e. The Bertz CT molecular complexity index is 367. The summed E-state index contributed by atoms with van der Waals surface area (Å²) in [6, 6.07) is 0. The molecule has 0 unspecified atom stereocenters. The van der Waals surface area contributed by atoms with Crippen LogP contribution in [-0.4, -0.2) is 88.6 Å². The lowest BCUT2D eigenvalue weighted by molar-refractivity contribution is -0.0380. The third-order valence-corrected chi connectivity index (χ3v) is 3.68. The molecule has 1 aliphatic heterocycles. The summed E-state index contributed by atoms with van der Waals surface area (Å²) >= 11 is 0. The van der Waals surface area contributed by atoms with E-state index >= 15 is 0 Å². The highest BCUT2D eigenvalue weighted by Crippen LogP contribution is 2.17. The van der Waals surface area contributed by atoms with Crippen LogP contribution in [0.2, 0.25) is 0 Å². The molecular weight excluding hydrogens is 340 g/mol. The summed E-state index contributed by atoms with van der Waals surface area (Å²) in [5.41, 5.74) is 4.86. The van der Waals surface area contributed by atoms with Crippen molar-refractivity contribution in [3.8, 4) is 0 Å². The average molecular weight is 376 g/mol. The Balaban J connectivity index is 1.93. The molecule has 0 aliphatic carbocycles. The monoisotopic (exact) mass is 376 g/mol. The Kier molecular flexibility index (Phi) is 11.8. The fraction of sp³-hybridized carbons (Fsp3) is 0.944. The molecular formula is C18H36N2O6. The Morgan fingerprint density at radius 1 is 0.923 bits per heavy atom. The number of nitrogens with zero attached hydrogens (tertiary/aromatic N) is 1. The van der Waals surface area contributed by atoms with Crippen LogP contribution >= 0.6 is 0 Å². The van der Waals surface area contributed by atoms with Crippen molar-refractivity contribution >= 4 is 6.09 Å². The quantitative estimate of drug-likeness (QED) is 0.515. The van der Waals surface area contributed by atoms with E-state index in [2.05, 4.69) is 0 Å². The second-order valence-corrected chi connectivity index (χ2v) is 7.16. The third-order valence-electron chi connectivity index (χ3n) is 3.68. The summed E-state index contributed by atoms with van der Waals surface area (Å²) < 4.78 is 27.2. The van der Waals surface area contributed by atoms with E-state index in [4.69, 9.17) is 29.4 Å². The van der Waals surface area contributed by atoms with Gasteiger partial charge in [0.05, 0.1) is 52.4 Å². The number of ether oxygens (including phenoxy) is 5. The Morgan fingerprint density at radius 2 is 1.42 bits per heavy atom. The van der Waals surface area contributed by atoms with Crippen LogP contribution in [0.25, 0.3) is 0 Å². The van der Waals surface area contributed by atoms with E-state index in [-0.39, 0.29) is 12.2 Å². The molecule has 0 spiro atoms. The molecule has 0 radical (unpaired) electrons. The summed E-state index contributed by atoms with van der Waals surface area (Å²) in [7, 11) is 0. The molecule has 1 amide bonds. The maximum Gasteiger partial charge on any atom is 0.410 e. The standard InChI is InChI=1S/C18H36N2O6/c1-18(2,3)26-17(21)20-7-4-16(5-8-20)25-15-14-24-13-12-23-11-10-22-9-6-19/h16H,4-15,19H2,1-3H3. The maximum absolute atomic E-state index is 12.0. The molecule has 0 aromatic heterocycles. The lowest BCUT2D eigenvalue weighted by atomic mass is 10.1. The van der Waals surface area contributed by atoms with Crippen molar-refractivity contribution in [3.05, 3.63) is 0 Å². The molecule has 8 heteroatoms. The van der Waals surface area contributed by atoms with Gasteiger partial charge in [-0.05, 0) is 33.6 Å². The van der Waals surface area contributed by atoms with E-state index < -0.39 is 5.60 Å². The summed E-state index contributed by atoms with van der Waals surface area (Å²) in [5, 5.41) is 0. The number of carbonyl (C=O) groups excluding carboxylic acids is 1. The zero-order valence-electron chi connectivity index (χ0n) is 16.5. The lowest BCUT2D eigenvalue weighted by Gasteiger charge is -2.33. The number of likely N-dealkylation sites (tertiary alicyclic amines) is 1. The molecule has 2 N–H and O–H groups in total. The molecule has 1 saturated heterocycles. The van der Waals surface area contributed by atoms with Crippen LogP contribution in [-0.2, 0) is 23.7 Å². The van der Waals surface area contributed by atoms with Gasteiger partial charge in [-0.2, -0.15) is 0 Å². The molecule has 0 aromatic carbocycles.